The molecule has 102 valence electrons. The highest BCUT2D eigenvalue weighted by Gasteiger charge is 2.42. The monoisotopic (exact) mass is 269 g/mol. The number of hydrogen-bond acceptors (Lipinski definition) is 3. The third-order valence-corrected chi connectivity index (χ3v) is 3.66. The Morgan fingerprint density at radius 3 is 2.00 bits per heavy atom. The number of alkyl halides is 2. The van der Waals surface area contributed by atoms with Gasteiger partial charge >= 0.3 is 0 Å². The Kier molecular flexibility index (Phi) is 5.56. The zero-order chi connectivity index (χ0) is 13.9. The molecule has 0 aliphatic rings. The summed E-state index contributed by atoms with van der Waals surface area (Å²) in [5.41, 5.74) is -1.57. The van der Waals surface area contributed by atoms with Crippen LogP contribution in [0.15, 0.2) is 4.40 Å². The van der Waals surface area contributed by atoms with Gasteiger partial charge in [0.25, 0.3) is 5.92 Å². The average molecular weight is 269 g/mol. The molecule has 1 atom stereocenters. The van der Waals surface area contributed by atoms with E-state index in [1.807, 2.05) is 0 Å². The van der Waals surface area contributed by atoms with Crippen molar-refractivity contribution < 1.29 is 18.1 Å². The number of ether oxygens (including phenoxy) is 1. The second-order valence-corrected chi connectivity index (χ2v) is 7.29. The highest BCUT2D eigenvalue weighted by Crippen LogP contribution is 2.30. The molecule has 0 heterocycles. The standard InChI is InChI=1S/C11H21F2NO2S/c1-9(2,3)17(15)14-7-8-16-10(4,5)11(6,12)13/h7H,8H2,1-6H3/b14-7+/t17-/m1/s1. The lowest BCUT2D eigenvalue weighted by molar-refractivity contribution is -0.171. The van der Waals surface area contributed by atoms with E-state index in [1.54, 1.807) is 20.8 Å². The van der Waals surface area contributed by atoms with Gasteiger partial charge in [-0.2, -0.15) is 0 Å². The number of rotatable bonds is 5. The average Bonchev–Trinajstić information content (AvgIpc) is 2.08. The minimum absolute atomic E-state index is 0.0851. The van der Waals surface area contributed by atoms with Gasteiger partial charge in [-0.25, -0.2) is 8.78 Å². The molecule has 0 bridgehead atoms. The first-order valence-electron chi connectivity index (χ1n) is 5.34. The zero-order valence-electron chi connectivity index (χ0n) is 11.2. The maximum atomic E-state index is 13.0. The molecule has 17 heavy (non-hydrogen) atoms. The predicted molar refractivity (Wildman–Crippen MR) is 67.0 cm³/mol. The van der Waals surface area contributed by atoms with Crippen LogP contribution >= 0.6 is 0 Å². The fourth-order valence-corrected chi connectivity index (χ4v) is 1.14. The predicted octanol–water partition coefficient (Wildman–Crippen LogP) is 2.97. The van der Waals surface area contributed by atoms with Crippen molar-refractivity contribution in [3.8, 4) is 0 Å². The molecule has 3 nitrogen and oxygen atoms in total. The number of nitrogens with zero attached hydrogens (tertiary/aromatic N) is 1. The number of halogens is 2. The first-order chi connectivity index (χ1) is 7.38. The molecular weight excluding hydrogens is 248 g/mol. The Labute approximate surface area is 105 Å². The van der Waals surface area contributed by atoms with Gasteiger partial charge in [-0.3, -0.25) is 0 Å². The van der Waals surface area contributed by atoms with Crippen LogP contribution in [-0.4, -0.2) is 33.6 Å². The lowest BCUT2D eigenvalue weighted by atomic mass is 10.0. The van der Waals surface area contributed by atoms with Crippen molar-refractivity contribution in [2.24, 2.45) is 4.40 Å². The Hall–Kier alpha value is -0.200. The Morgan fingerprint density at radius 1 is 1.18 bits per heavy atom. The van der Waals surface area contributed by atoms with Crippen LogP contribution in [0.2, 0.25) is 0 Å². The summed E-state index contributed by atoms with van der Waals surface area (Å²) in [6.07, 6.45) is 1.27. The van der Waals surface area contributed by atoms with Crippen LogP contribution in [0.5, 0.6) is 0 Å². The second kappa shape index (κ2) is 5.63. The molecule has 0 saturated heterocycles. The molecule has 0 radical (unpaired) electrons. The summed E-state index contributed by atoms with van der Waals surface area (Å²) in [4.78, 5) is 0. The van der Waals surface area contributed by atoms with Gasteiger partial charge in [0, 0.05) is 6.92 Å². The molecule has 0 spiro atoms. The molecule has 0 amide bonds. The van der Waals surface area contributed by atoms with Gasteiger partial charge in [-0.05, 0) is 34.6 Å². The molecule has 0 aliphatic heterocycles. The SMILES string of the molecule is CC(C)(C)[S@@+]([O-])/N=C/COC(C)(C)C(C)(F)F. The van der Waals surface area contributed by atoms with Crippen molar-refractivity contribution in [1.29, 1.82) is 0 Å². The number of hydrogen-bond donors (Lipinski definition) is 0. The summed E-state index contributed by atoms with van der Waals surface area (Å²) >= 11 is -1.38. The maximum absolute atomic E-state index is 13.0. The fourth-order valence-electron chi connectivity index (χ4n) is 0.629. The molecular formula is C11H21F2NO2S. The van der Waals surface area contributed by atoms with Gasteiger partial charge in [0.05, 0.1) is 12.8 Å². The van der Waals surface area contributed by atoms with E-state index in [2.05, 4.69) is 4.40 Å². The van der Waals surface area contributed by atoms with E-state index < -0.39 is 27.6 Å². The summed E-state index contributed by atoms with van der Waals surface area (Å²) in [5.74, 6) is -2.94. The molecule has 0 unspecified atom stereocenters. The van der Waals surface area contributed by atoms with E-state index >= 15 is 0 Å². The van der Waals surface area contributed by atoms with Crippen molar-refractivity contribution in [2.45, 2.75) is 57.8 Å². The smallest absolute Gasteiger partial charge is 0.273 e. The van der Waals surface area contributed by atoms with Crippen LogP contribution in [0.25, 0.3) is 0 Å². The zero-order valence-corrected chi connectivity index (χ0v) is 12.0. The van der Waals surface area contributed by atoms with E-state index in [4.69, 9.17) is 4.74 Å². The molecule has 0 rings (SSSR count). The summed E-state index contributed by atoms with van der Waals surface area (Å²) in [7, 11) is 0. The van der Waals surface area contributed by atoms with E-state index in [0.29, 0.717) is 0 Å². The van der Waals surface area contributed by atoms with Crippen LogP contribution in [0, 0.1) is 0 Å². The van der Waals surface area contributed by atoms with Crippen LogP contribution in [0.4, 0.5) is 8.78 Å². The van der Waals surface area contributed by atoms with E-state index in [9.17, 15) is 13.3 Å². The normalized spacial score (nSPS) is 16.5. The summed E-state index contributed by atoms with van der Waals surface area (Å²) in [6.45, 7) is 8.68. The largest absolute Gasteiger partial charge is 0.591 e. The van der Waals surface area contributed by atoms with Crippen LogP contribution in [-0.2, 0) is 16.1 Å². The highest BCUT2D eigenvalue weighted by atomic mass is 32.2. The third kappa shape index (κ3) is 5.79. The van der Waals surface area contributed by atoms with Crippen LogP contribution in [0.3, 0.4) is 0 Å². The molecule has 0 aromatic rings. The van der Waals surface area contributed by atoms with Gasteiger partial charge in [-0.15, -0.1) is 0 Å². The van der Waals surface area contributed by atoms with Crippen molar-refractivity contribution in [2.75, 3.05) is 6.61 Å². The van der Waals surface area contributed by atoms with Gasteiger partial charge in [-0.1, -0.05) is 4.40 Å². The van der Waals surface area contributed by atoms with Crippen molar-refractivity contribution in [3.63, 3.8) is 0 Å². The molecule has 0 aromatic carbocycles. The maximum Gasteiger partial charge on any atom is 0.273 e. The summed E-state index contributed by atoms with van der Waals surface area (Å²) in [5, 5.41) is 0. The van der Waals surface area contributed by atoms with E-state index in [1.165, 1.54) is 20.1 Å². The van der Waals surface area contributed by atoms with E-state index in [0.717, 1.165) is 6.92 Å². The second-order valence-electron chi connectivity index (χ2n) is 5.36. The van der Waals surface area contributed by atoms with Gasteiger partial charge < -0.3 is 9.29 Å². The van der Waals surface area contributed by atoms with Crippen molar-refractivity contribution in [3.05, 3.63) is 0 Å². The van der Waals surface area contributed by atoms with E-state index in [-0.39, 0.29) is 6.61 Å². The Morgan fingerprint density at radius 2 is 1.65 bits per heavy atom. The first-order valence-corrected chi connectivity index (χ1v) is 6.45. The molecule has 0 aromatic heterocycles. The minimum atomic E-state index is -2.94. The van der Waals surface area contributed by atoms with Crippen LogP contribution in [0.1, 0.15) is 41.5 Å². The summed E-state index contributed by atoms with van der Waals surface area (Å²) < 4.78 is 45.9. The Balaban J connectivity index is 4.22. The topological polar surface area (TPSA) is 44.7 Å². The molecule has 6 heteroatoms. The Bertz CT molecular complexity index is 270. The quantitative estimate of drug-likeness (QED) is 0.569. The fraction of sp³-hybridized carbons (Fsp3) is 0.909. The van der Waals surface area contributed by atoms with Gasteiger partial charge in [0.15, 0.2) is 0 Å². The molecule has 0 saturated carbocycles. The lowest BCUT2D eigenvalue weighted by Gasteiger charge is -2.30. The van der Waals surface area contributed by atoms with Gasteiger partial charge in [0.1, 0.15) is 21.7 Å². The molecule has 0 fully saturated rings. The molecule has 0 N–H and O–H groups in total. The minimum Gasteiger partial charge on any atom is -0.591 e. The highest BCUT2D eigenvalue weighted by molar-refractivity contribution is 7.91. The molecule has 0 aliphatic carbocycles. The lowest BCUT2D eigenvalue weighted by Crippen LogP contribution is -2.43. The van der Waals surface area contributed by atoms with Crippen LogP contribution < -0.4 is 0 Å². The van der Waals surface area contributed by atoms with Crippen molar-refractivity contribution >= 4 is 17.6 Å². The van der Waals surface area contributed by atoms with Gasteiger partial charge in [0.2, 0.25) is 0 Å². The third-order valence-electron chi connectivity index (χ3n) is 2.27. The summed E-state index contributed by atoms with van der Waals surface area (Å²) in [6, 6.07) is 0. The first kappa shape index (κ1) is 16.8. The van der Waals surface area contributed by atoms with Crippen molar-refractivity contribution in [1.82, 2.24) is 0 Å².